The third-order valence-corrected chi connectivity index (χ3v) is 4.80. The van der Waals surface area contributed by atoms with E-state index in [4.69, 9.17) is 28.4 Å². The molecule has 0 radical (unpaired) electrons. The first-order valence-corrected chi connectivity index (χ1v) is 15.5. The number of methoxy groups -OCH3 is 9. The van der Waals surface area contributed by atoms with E-state index in [-0.39, 0.29) is 58.3 Å². The summed E-state index contributed by atoms with van der Waals surface area (Å²) < 4.78 is 60.2. The van der Waals surface area contributed by atoms with E-state index >= 15 is 0 Å². The summed E-state index contributed by atoms with van der Waals surface area (Å²) in [5.41, 5.74) is 0. The van der Waals surface area contributed by atoms with Crippen LogP contribution in [0.1, 0.15) is 38.5 Å². The van der Waals surface area contributed by atoms with E-state index in [0.29, 0.717) is 46.2 Å². The number of hydrogen-bond donors (Lipinski definition) is 0. The van der Waals surface area contributed by atoms with Crippen LogP contribution in [0.25, 0.3) is 0 Å². The molecule has 0 unspecified atom stereocenters. The van der Waals surface area contributed by atoms with Crippen molar-refractivity contribution in [2.24, 2.45) is 0 Å². The Morgan fingerprint density at radius 3 is 0.745 bits per heavy atom. The molecule has 0 aromatic carbocycles. The van der Waals surface area contributed by atoms with Crippen LogP contribution in [0.5, 0.6) is 0 Å². The van der Waals surface area contributed by atoms with Gasteiger partial charge >= 0.3 is 35.8 Å². The molecule has 0 saturated heterocycles. The van der Waals surface area contributed by atoms with Crippen molar-refractivity contribution in [3.05, 3.63) is 0 Å². The SMILES string of the molecule is COC.COC(=O)CCC(=O)OC.COCCOC.COCCOC(=O)CCC(=O)OC.COCCOCCOC(=O)CCC(=O)OCCOC. The summed E-state index contributed by atoms with van der Waals surface area (Å²) in [6.07, 6.45) is 0.294. The number of ether oxygens (including phenoxy) is 13. The van der Waals surface area contributed by atoms with Crippen LogP contribution in [-0.2, 0) is 90.3 Å². The van der Waals surface area contributed by atoms with Crippen molar-refractivity contribution in [2.45, 2.75) is 38.5 Å². The molecule has 0 aromatic rings. The summed E-state index contributed by atoms with van der Waals surface area (Å²) in [5.74, 6) is -2.51. The van der Waals surface area contributed by atoms with Gasteiger partial charge in [-0.1, -0.05) is 0 Å². The summed E-state index contributed by atoms with van der Waals surface area (Å²) in [7, 11) is 15.0. The molecule has 0 aromatic heterocycles. The Morgan fingerprint density at radius 2 is 0.490 bits per heavy atom. The van der Waals surface area contributed by atoms with Crippen LogP contribution in [0, 0.1) is 0 Å². The molecular weight excluding hydrogens is 688 g/mol. The zero-order chi connectivity index (χ0) is 40.0. The van der Waals surface area contributed by atoms with Crippen LogP contribution in [0.15, 0.2) is 0 Å². The minimum absolute atomic E-state index is 0.00386. The lowest BCUT2D eigenvalue weighted by molar-refractivity contribution is -0.151. The summed E-state index contributed by atoms with van der Waals surface area (Å²) in [6, 6.07) is 0. The van der Waals surface area contributed by atoms with Crippen LogP contribution in [-0.4, -0.2) is 173 Å². The maximum atomic E-state index is 11.2. The molecule has 0 aliphatic carbocycles. The number of hydrogen-bond acceptors (Lipinski definition) is 19. The second-order valence-corrected chi connectivity index (χ2v) is 8.87. The molecular formula is C32H62O19. The maximum absolute atomic E-state index is 11.2. The summed E-state index contributed by atoms with van der Waals surface area (Å²) >= 11 is 0. The van der Waals surface area contributed by atoms with Crippen molar-refractivity contribution in [1.29, 1.82) is 0 Å². The predicted molar refractivity (Wildman–Crippen MR) is 180 cm³/mol. The molecule has 51 heavy (non-hydrogen) atoms. The van der Waals surface area contributed by atoms with Gasteiger partial charge in [-0.25, -0.2) is 0 Å². The summed E-state index contributed by atoms with van der Waals surface area (Å²) in [5, 5.41) is 0. The Kier molecular flexibility index (Phi) is 56.8. The molecule has 0 heterocycles. The standard InChI is InChI=1S/C12H22O7.C8H14O5.C6H10O4.C4H10O2.C2H6O/c1-15-5-7-17-8-10-19-12(14)4-3-11(13)18-9-6-16-2;1-11-5-6-13-8(10)4-3-7(9)12-2;1-9-5(7)3-4-6(8)10-2;1-5-3-4-6-2;1-3-2/h3-10H2,1-2H3;3-6H2,1-2H3;3-4H2,1-2H3;3-4H2,1-2H3;1-2H3. The maximum Gasteiger partial charge on any atom is 0.306 e. The van der Waals surface area contributed by atoms with E-state index in [0.717, 1.165) is 0 Å². The van der Waals surface area contributed by atoms with Gasteiger partial charge in [-0.15, -0.1) is 0 Å². The van der Waals surface area contributed by atoms with Gasteiger partial charge in [0.25, 0.3) is 0 Å². The van der Waals surface area contributed by atoms with Gasteiger partial charge in [0.15, 0.2) is 0 Å². The van der Waals surface area contributed by atoms with E-state index in [2.05, 4.69) is 33.2 Å². The number of carbonyl (C=O) groups excluding carboxylic acids is 6. The Balaban J connectivity index is -0.000000192. The Labute approximate surface area is 302 Å². The quantitative estimate of drug-likeness (QED) is 0.0761. The lowest BCUT2D eigenvalue weighted by Crippen LogP contribution is -2.15. The molecule has 0 bridgehead atoms. The van der Waals surface area contributed by atoms with Gasteiger partial charge < -0.3 is 61.6 Å². The van der Waals surface area contributed by atoms with E-state index in [9.17, 15) is 28.8 Å². The third kappa shape index (κ3) is 62.2. The third-order valence-electron chi connectivity index (χ3n) is 4.80. The average Bonchev–Trinajstić information content (AvgIpc) is 3.13. The van der Waals surface area contributed by atoms with Gasteiger partial charge in [0, 0.05) is 49.8 Å². The van der Waals surface area contributed by atoms with Crippen LogP contribution in [0.3, 0.4) is 0 Å². The summed E-state index contributed by atoms with van der Waals surface area (Å²) in [4.78, 5) is 64.6. The Morgan fingerprint density at radius 1 is 0.294 bits per heavy atom. The Bertz CT molecular complexity index is 787. The highest BCUT2D eigenvalue weighted by atomic mass is 16.6. The molecule has 0 rings (SSSR count). The van der Waals surface area contributed by atoms with Crippen molar-refractivity contribution in [2.75, 3.05) is 137 Å². The first kappa shape index (κ1) is 56.9. The fourth-order valence-electron chi connectivity index (χ4n) is 2.24. The second kappa shape index (κ2) is 50.9. The molecule has 19 heteroatoms. The highest BCUT2D eigenvalue weighted by Gasteiger charge is 2.09. The Hall–Kier alpha value is -3.46. The predicted octanol–water partition coefficient (Wildman–Crippen LogP) is 0.946. The summed E-state index contributed by atoms with van der Waals surface area (Å²) in [6.45, 7) is 3.94. The van der Waals surface area contributed by atoms with E-state index in [1.807, 2.05) is 0 Å². The topological polar surface area (TPSA) is 222 Å². The van der Waals surface area contributed by atoms with Gasteiger partial charge in [0.2, 0.25) is 0 Å². The van der Waals surface area contributed by atoms with Crippen LogP contribution >= 0.6 is 0 Å². The molecule has 0 saturated carbocycles. The molecule has 0 spiro atoms. The largest absolute Gasteiger partial charge is 0.469 e. The fourth-order valence-corrected chi connectivity index (χ4v) is 2.24. The smallest absolute Gasteiger partial charge is 0.306 e. The molecule has 0 amide bonds. The van der Waals surface area contributed by atoms with Gasteiger partial charge in [0.05, 0.1) is 106 Å². The lowest BCUT2D eigenvalue weighted by atomic mass is 10.3. The normalized spacial score (nSPS) is 9.29. The van der Waals surface area contributed by atoms with Crippen molar-refractivity contribution in [1.82, 2.24) is 0 Å². The van der Waals surface area contributed by atoms with Crippen LogP contribution < -0.4 is 0 Å². The minimum atomic E-state index is -0.445. The highest BCUT2D eigenvalue weighted by molar-refractivity contribution is 5.78. The van der Waals surface area contributed by atoms with Crippen molar-refractivity contribution in [3.8, 4) is 0 Å². The van der Waals surface area contributed by atoms with Gasteiger partial charge in [-0.3, -0.25) is 28.8 Å². The lowest BCUT2D eigenvalue weighted by Gasteiger charge is -2.06. The van der Waals surface area contributed by atoms with Crippen molar-refractivity contribution in [3.63, 3.8) is 0 Å². The number of carbonyl (C=O) groups is 6. The van der Waals surface area contributed by atoms with Crippen LogP contribution in [0.2, 0.25) is 0 Å². The number of rotatable bonds is 24. The van der Waals surface area contributed by atoms with Crippen molar-refractivity contribution < 1.29 is 90.3 Å². The molecule has 19 nitrogen and oxygen atoms in total. The first-order chi connectivity index (χ1) is 24.4. The average molecular weight is 751 g/mol. The van der Waals surface area contributed by atoms with Gasteiger partial charge in [-0.05, 0) is 0 Å². The monoisotopic (exact) mass is 750 g/mol. The zero-order valence-electron chi connectivity index (χ0n) is 32.1. The van der Waals surface area contributed by atoms with Crippen LogP contribution in [0.4, 0.5) is 0 Å². The van der Waals surface area contributed by atoms with E-state index in [1.54, 1.807) is 35.5 Å². The van der Waals surface area contributed by atoms with Crippen molar-refractivity contribution >= 4 is 35.8 Å². The fraction of sp³-hybridized carbons (Fsp3) is 0.812. The minimum Gasteiger partial charge on any atom is -0.469 e. The van der Waals surface area contributed by atoms with E-state index < -0.39 is 35.8 Å². The molecule has 0 atom stereocenters. The molecule has 0 fully saturated rings. The highest BCUT2D eigenvalue weighted by Crippen LogP contribution is 1.97. The zero-order valence-corrected chi connectivity index (χ0v) is 32.1. The van der Waals surface area contributed by atoms with E-state index in [1.165, 1.54) is 35.5 Å². The van der Waals surface area contributed by atoms with Gasteiger partial charge in [-0.2, -0.15) is 0 Å². The molecule has 0 aliphatic heterocycles. The molecule has 304 valence electrons. The number of esters is 6. The molecule has 0 aliphatic rings. The first-order valence-electron chi connectivity index (χ1n) is 15.5. The van der Waals surface area contributed by atoms with Gasteiger partial charge in [0.1, 0.15) is 19.8 Å². The molecule has 0 N–H and O–H groups in total. The second-order valence-electron chi connectivity index (χ2n) is 8.87.